The van der Waals surface area contributed by atoms with Gasteiger partial charge in [0, 0.05) is 19.5 Å². The first-order valence-corrected chi connectivity index (χ1v) is 8.29. The van der Waals surface area contributed by atoms with Crippen LogP contribution < -0.4 is 10.6 Å². The third-order valence-corrected chi connectivity index (χ3v) is 3.41. The zero-order chi connectivity index (χ0) is 20.0. The fraction of sp³-hybridized carbons (Fsp3) is 0.556. The molecule has 1 aromatic carbocycles. The van der Waals surface area contributed by atoms with Gasteiger partial charge in [-0.2, -0.15) is 13.2 Å². The van der Waals surface area contributed by atoms with E-state index in [1.54, 1.807) is 27.7 Å². The Hall–Kier alpha value is -2.25. The van der Waals surface area contributed by atoms with E-state index in [0.29, 0.717) is 5.56 Å². The van der Waals surface area contributed by atoms with E-state index < -0.39 is 23.4 Å². The minimum Gasteiger partial charge on any atom is -0.444 e. The molecule has 0 fully saturated rings. The molecule has 1 aromatic rings. The van der Waals surface area contributed by atoms with E-state index in [0.717, 1.165) is 12.1 Å². The highest BCUT2D eigenvalue weighted by atomic mass is 19.4. The summed E-state index contributed by atoms with van der Waals surface area (Å²) < 4.78 is 42.7. The van der Waals surface area contributed by atoms with Crippen molar-refractivity contribution in [3.63, 3.8) is 0 Å². The fourth-order valence-electron chi connectivity index (χ4n) is 2.15. The van der Waals surface area contributed by atoms with Gasteiger partial charge in [0.25, 0.3) is 0 Å². The van der Waals surface area contributed by atoms with Crippen molar-refractivity contribution in [2.45, 2.75) is 51.8 Å². The molecule has 0 saturated carbocycles. The molecule has 2 N–H and O–H groups in total. The molecule has 0 aliphatic rings. The SMILES string of the molecule is C[C@H](CC(=O)NCCNC(=O)OC(C)(C)C)c1ccc(C(F)(F)F)cc1. The Kier molecular flexibility index (Phi) is 7.47. The van der Waals surface area contributed by atoms with E-state index in [1.165, 1.54) is 12.1 Å². The normalized spacial score (nSPS) is 13.0. The number of benzene rings is 1. The van der Waals surface area contributed by atoms with Crippen molar-refractivity contribution in [1.82, 2.24) is 10.6 Å². The van der Waals surface area contributed by atoms with E-state index in [-0.39, 0.29) is 31.3 Å². The van der Waals surface area contributed by atoms with Crippen LogP contribution in [0.4, 0.5) is 18.0 Å². The zero-order valence-corrected chi connectivity index (χ0v) is 15.4. The second kappa shape index (κ2) is 8.91. The molecule has 0 unspecified atom stereocenters. The van der Waals surface area contributed by atoms with Crippen LogP contribution in [0.3, 0.4) is 0 Å². The maximum atomic E-state index is 12.5. The summed E-state index contributed by atoms with van der Waals surface area (Å²) in [6.07, 6.45) is -4.80. The van der Waals surface area contributed by atoms with Crippen LogP contribution in [-0.2, 0) is 15.7 Å². The van der Waals surface area contributed by atoms with Crippen LogP contribution in [0.2, 0.25) is 0 Å². The number of hydrogen-bond acceptors (Lipinski definition) is 3. The van der Waals surface area contributed by atoms with Crippen LogP contribution in [0.15, 0.2) is 24.3 Å². The smallest absolute Gasteiger partial charge is 0.416 e. The summed E-state index contributed by atoms with van der Waals surface area (Å²) >= 11 is 0. The summed E-state index contributed by atoms with van der Waals surface area (Å²) in [6.45, 7) is 7.46. The number of halogens is 3. The van der Waals surface area contributed by atoms with Gasteiger partial charge in [-0.1, -0.05) is 19.1 Å². The second-order valence-electron chi connectivity index (χ2n) is 7.00. The summed E-state index contributed by atoms with van der Waals surface area (Å²) in [5, 5.41) is 5.17. The van der Waals surface area contributed by atoms with Crippen LogP contribution >= 0.6 is 0 Å². The molecule has 0 heterocycles. The van der Waals surface area contributed by atoms with E-state index in [2.05, 4.69) is 10.6 Å². The van der Waals surface area contributed by atoms with Crippen LogP contribution in [0.5, 0.6) is 0 Å². The highest BCUT2D eigenvalue weighted by Crippen LogP contribution is 2.30. The lowest BCUT2D eigenvalue weighted by atomic mass is 9.96. The van der Waals surface area contributed by atoms with Gasteiger partial charge in [-0.15, -0.1) is 0 Å². The summed E-state index contributed by atoms with van der Waals surface area (Å²) in [4.78, 5) is 23.3. The van der Waals surface area contributed by atoms with Crippen molar-refractivity contribution < 1.29 is 27.5 Å². The van der Waals surface area contributed by atoms with Gasteiger partial charge >= 0.3 is 12.3 Å². The van der Waals surface area contributed by atoms with E-state index in [1.807, 2.05) is 0 Å². The molecule has 1 rings (SSSR count). The Bertz CT molecular complexity index is 608. The Labute approximate surface area is 151 Å². The quantitative estimate of drug-likeness (QED) is 0.744. The van der Waals surface area contributed by atoms with E-state index in [4.69, 9.17) is 4.74 Å². The van der Waals surface area contributed by atoms with Crippen LogP contribution in [0.25, 0.3) is 0 Å². The van der Waals surface area contributed by atoms with Gasteiger partial charge in [0.1, 0.15) is 5.60 Å². The standard InChI is InChI=1S/C18H25F3N2O3/c1-12(13-5-7-14(8-6-13)18(19,20)21)11-15(24)22-9-10-23-16(25)26-17(2,3)4/h5-8,12H,9-11H2,1-4H3,(H,22,24)(H,23,25)/t12-/m1/s1. The van der Waals surface area contributed by atoms with E-state index in [9.17, 15) is 22.8 Å². The van der Waals surface area contributed by atoms with E-state index >= 15 is 0 Å². The molecule has 8 heteroatoms. The maximum absolute atomic E-state index is 12.5. The van der Waals surface area contributed by atoms with Crippen LogP contribution in [0, 0.1) is 0 Å². The number of alkyl carbamates (subject to hydrolysis) is 1. The van der Waals surface area contributed by atoms with Crippen LogP contribution in [-0.4, -0.2) is 30.7 Å². The first-order chi connectivity index (χ1) is 11.9. The van der Waals surface area contributed by atoms with Gasteiger partial charge in [0.15, 0.2) is 0 Å². The lowest BCUT2D eigenvalue weighted by Gasteiger charge is -2.19. The fourth-order valence-corrected chi connectivity index (χ4v) is 2.15. The van der Waals surface area contributed by atoms with Crippen molar-refractivity contribution in [3.8, 4) is 0 Å². The minimum absolute atomic E-state index is 0.137. The van der Waals surface area contributed by atoms with Gasteiger partial charge < -0.3 is 15.4 Å². The monoisotopic (exact) mass is 374 g/mol. The van der Waals surface area contributed by atoms with Crippen molar-refractivity contribution >= 4 is 12.0 Å². The molecule has 5 nitrogen and oxygen atoms in total. The molecule has 2 amide bonds. The number of nitrogens with one attached hydrogen (secondary N) is 2. The molecular weight excluding hydrogens is 349 g/mol. The topological polar surface area (TPSA) is 67.4 Å². The van der Waals surface area contributed by atoms with Gasteiger partial charge in [-0.3, -0.25) is 4.79 Å². The number of rotatable bonds is 6. The van der Waals surface area contributed by atoms with Crippen molar-refractivity contribution in [3.05, 3.63) is 35.4 Å². The predicted molar refractivity (Wildman–Crippen MR) is 91.7 cm³/mol. The molecule has 0 saturated heterocycles. The molecule has 26 heavy (non-hydrogen) atoms. The molecule has 0 aliphatic carbocycles. The lowest BCUT2D eigenvalue weighted by molar-refractivity contribution is -0.137. The second-order valence-corrected chi connectivity index (χ2v) is 7.00. The third kappa shape index (κ3) is 8.22. The van der Waals surface area contributed by atoms with Crippen molar-refractivity contribution in [1.29, 1.82) is 0 Å². The maximum Gasteiger partial charge on any atom is 0.416 e. The summed E-state index contributed by atoms with van der Waals surface area (Å²) in [5.41, 5.74) is -0.657. The number of carbonyl (C=O) groups excluding carboxylic acids is 2. The van der Waals surface area contributed by atoms with Gasteiger partial charge in [-0.25, -0.2) is 4.79 Å². The summed E-state index contributed by atoms with van der Waals surface area (Å²) in [7, 11) is 0. The molecule has 0 aliphatic heterocycles. The Morgan fingerprint density at radius 3 is 2.08 bits per heavy atom. The molecule has 0 radical (unpaired) electrons. The number of carbonyl (C=O) groups is 2. The van der Waals surface area contributed by atoms with Gasteiger partial charge in [-0.05, 0) is 44.4 Å². The average molecular weight is 374 g/mol. The minimum atomic E-state index is -4.37. The Balaban J connectivity index is 2.35. The number of ether oxygens (including phenoxy) is 1. The van der Waals surface area contributed by atoms with Crippen molar-refractivity contribution in [2.24, 2.45) is 0 Å². The largest absolute Gasteiger partial charge is 0.444 e. The first-order valence-electron chi connectivity index (χ1n) is 8.29. The zero-order valence-electron chi connectivity index (χ0n) is 15.4. The predicted octanol–water partition coefficient (Wildman–Crippen LogP) is 3.84. The third-order valence-electron chi connectivity index (χ3n) is 3.41. The number of hydrogen-bond donors (Lipinski definition) is 2. The summed E-state index contributed by atoms with van der Waals surface area (Å²) in [5.74, 6) is -0.473. The van der Waals surface area contributed by atoms with Crippen LogP contribution in [0.1, 0.15) is 51.2 Å². The average Bonchev–Trinajstić information content (AvgIpc) is 2.49. The van der Waals surface area contributed by atoms with Gasteiger partial charge in [0.2, 0.25) is 5.91 Å². The molecule has 0 bridgehead atoms. The first kappa shape index (κ1) is 21.8. The lowest BCUT2D eigenvalue weighted by Crippen LogP contribution is -2.38. The van der Waals surface area contributed by atoms with Crippen molar-refractivity contribution in [2.75, 3.05) is 13.1 Å². The molecule has 146 valence electrons. The highest BCUT2D eigenvalue weighted by molar-refractivity contribution is 5.77. The van der Waals surface area contributed by atoms with Gasteiger partial charge in [0.05, 0.1) is 5.56 Å². The summed E-state index contributed by atoms with van der Waals surface area (Å²) in [6, 6.07) is 4.78. The highest BCUT2D eigenvalue weighted by Gasteiger charge is 2.30. The molecule has 1 atom stereocenters. The molecule has 0 spiro atoms. The Morgan fingerprint density at radius 1 is 1.04 bits per heavy atom. The number of amides is 2. The molecule has 0 aromatic heterocycles. The number of alkyl halides is 3. The Morgan fingerprint density at radius 2 is 1.58 bits per heavy atom. The molecular formula is C18H25F3N2O3.